The van der Waals surface area contributed by atoms with Crippen LogP contribution < -0.4 is 0 Å². The molecular weight excluding hydrogens is 268 g/mol. The van der Waals surface area contributed by atoms with E-state index in [4.69, 9.17) is 4.74 Å². The van der Waals surface area contributed by atoms with Crippen molar-refractivity contribution in [2.75, 3.05) is 7.11 Å². The maximum atomic E-state index is 5.49. The van der Waals surface area contributed by atoms with Gasteiger partial charge in [0.2, 0.25) is 0 Å². The molecule has 2 aliphatic rings. The fraction of sp³-hybridized carbons (Fsp3) is 1.00. The molecule has 0 heterocycles. The molecular formula is C21H40O. The highest BCUT2D eigenvalue weighted by Crippen LogP contribution is 2.37. The van der Waals surface area contributed by atoms with Crippen molar-refractivity contribution < 1.29 is 4.74 Å². The van der Waals surface area contributed by atoms with Crippen LogP contribution in [0.1, 0.15) is 103 Å². The molecule has 1 heteroatoms. The molecule has 0 saturated heterocycles. The van der Waals surface area contributed by atoms with Crippen LogP contribution in [0.15, 0.2) is 0 Å². The zero-order chi connectivity index (χ0) is 15.6. The van der Waals surface area contributed by atoms with Crippen LogP contribution in [0.4, 0.5) is 0 Å². The third-order valence-electron chi connectivity index (χ3n) is 6.54. The Morgan fingerprint density at radius 2 is 1.14 bits per heavy atom. The van der Waals surface area contributed by atoms with Gasteiger partial charge in [-0.15, -0.1) is 0 Å². The van der Waals surface area contributed by atoms with Crippen LogP contribution in [0, 0.1) is 17.8 Å². The summed E-state index contributed by atoms with van der Waals surface area (Å²) in [6.07, 6.45) is 22.5. The van der Waals surface area contributed by atoms with Gasteiger partial charge in [-0.2, -0.15) is 0 Å². The lowest BCUT2D eigenvalue weighted by Gasteiger charge is -2.31. The Bertz CT molecular complexity index is 259. The molecule has 0 aliphatic heterocycles. The van der Waals surface area contributed by atoms with Crippen molar-refractivity contribution in [3.8, 4) is 0 Å². The Morgan fingerprint density at radius 3 is 1.64 bits per heavy atom. The predicted octanol–water partition coefficient (Wildman–Crippen LogP) is 6.75. The fourth-order valence-corrected chi connectivity index (χ4v) is 4.80. The summed E-state index contributed by atoms with van der Waals surface area (Å²) in [5.74, 6) is 3.15. The van der Waals surface area contributed by atoms with Gasteiger partial charge in [0.1, 0.15) is 0 Å². The molecule has 2 fully saturated rings. The molecule has 2 saturated carbocycles. The molecule has 0 atom stereocenters. The Hall–Kier alpha value is -0.0400. The molecule has 0 unspecified atom stereocenters. The molecule has 0 aromatic rings. The summed E-state index contributed by atoms with van der Waals surface area (Å²) >= 11 is 0. The number of methoxy groups -OCH3 is 1. The molecule has 0 bridgehead atoms. The lowest BCUT2D eigenvalue weighted by atomic mass is 9.76. The molecule has 0 spiro atoms. The summed E-state index contributed by atoms with van der Waals surface area (Å²) in [6, 6.07) is 0. The summed E-state index contributed by atoms with van der Waals surface area (Å²) in [5.41, 5.74) is 0. The second kappa shape index (κ2) is 10.7. The minimum Gasteiger partial charge on any atom is -0.381 e. The van der Waals surface area contributed by atoms with Gasteiger partial charge in [-0.05, 0) is 43.4 Å². The van der Waals surface area contributed by atoms with E-state index in [1.807, 2.05) is 7.11 Å². The predicted molar refractivity (Wildman–Crippen MR) is 96.2 cm³/mol. The van der Waals surface area contributed by atoms with E-state index in [0.29, 0.717) is 6.10 Å². The third-order valence-corrected chi connectivity index (χ3v) is 6.54. The monoisotopic (exact) mass is 308 g/mol. The summed E-state index contributed by atoms with van der Waals surface area (Å²) < 4.78 is 5.49. The highest BCUT2D eigenvalue weighted by Gasteiger charge is 2.24. The van der Waals surface area contributed by atoms with E-state index in [2.05, 4.69) is 6.92 Å². The SMILES string of the molecule is CCCCCCC1CCC(CCC2CCC(OC)CC2)CC1. The van der Waals surface area contributed by atoms with Gasteiger partial charge >= 0.3 is 0 Å². The van der Waals surface area contributed by atoms with Crippen LogP contribution in [0.5, 0.6) is 0 Å². The van der Waals surface area contributed by atoms with Crippen molar-refractivity contribution in [2.45, 2.75) is 109 Å². The quantitative estimate of drug-likeness (QED) is 0.428. The van der Waals surface area contributed by atoms with Crippen molar-refractivity contribution in [3.05, 3.63) is 0 Å². The maximum Gasteiger partial charge on any atom is 0.0571 e. The molecule has 0 aromatic heterocycles. The second-order valence-electron chi connectivity index (χ2n) is 8.19. The number of rotatable bonds is 9. The first-order valence-electron chi connectivity index (χ1n) is 10.3. The van der Waals surface area contributed by atoms with E-state index >= 15 is 0 Å². The zero-order valence-electron chi connectivity index (χ0n) is 15.3. The van der Waals surface area contributed by atoms with Crippen molar-refractivity contribution >= 4 is 0 Å². The van der Waals surface area contributed by atoms with Gasteiger partial charge in [-0.3, -0.25) is 0 Å². The number of ether oxygens (including phenoxy) is 1. The van der Waals surface area contributed by atoms with E-state index < -0.39 is 0 Å². The maximum absolute atomic E-state index is 5.49. The topological polar surface area (TPSA) is 9.23 Å². The average molecular weight is 309 g/mol. The zero-order valence-corrected chi connectivity index (χ0v) is 15.3. The van der Waals surface area contributed by atoms with Crippen LogP contribution >= 0.6 is 0 Å². The van der Waals surface area contributed by atoms with E-state index in [9.17, 15) is 0 Å². The van der Waals surface area contributed by atoms with Crippen LogP contribution in [0.2, 0.25) is 0 Å². The van der Waals surface area contributed by atoms with Gasteiger partial charge in [-0.25, -0.2) is 0 Å². The minimum atomic E-state index is 0.569. The van der Waals surface area contributed by atoms with Crippen molar-refractivity contribution in [2.24, 2.45) is 17.8 Å². The normalized spacial score (nSPS) is 33.0. The van der Waals surface area contributed by atoms with Gasteiger partial charge < -0.3 is 4.74 Å². The molecule has 0 aromatic carbocycles. The standard InChI is InChI=1S/C21H40O/c1-3-4-5-6-7-18-8-10-19(11-9-18)12-13-20-14-16-21(22-2)17-15-20/h18-21H,3-17H2,1-2H3. The largest absolute Gasteiger partial charge is 0.381 e. The first-order valence-corrected chi connectivity index (χ1v) is 10.3. The number of unbranched alkanes of at least 4 members (excludes halogenated alkanes) is 3. The molecule has 0 amide bonds. The van der Waals surface area contributed by atoms with E-state index in [1.165, 1.54) is 96.3 Å². The molecule has 2 aliphatic carbocycles. The van der Waals surface area contributed by atoms with Gasteiger partial charge in [-0.1, -0.05) is 77.6 Å². The fourth-order valence-electron chi connectivity index (χ4n) is 4.80. The van der Waals surface area contributed by atoms with Crippen molar-refractivity contribution in [3.63, 3.8) is 0 Å². The van der Waals surface area contributed by atoms with E-state index in [0.717, 1.165) is 17.8 Å². The molecule has 22 heavy (non-hydrogen) atoms. The van der Waals surface area contributed by atoms with Gasteiger partial charge in [0.15, 0.2) is 0 Å². The third kappa shape index (κ3) is 6.60. The highest BCUT2D eigenvalue weighted by atomic mass is 16.5. The Kier molecular flexibility index (Phi) is 8.89. The molecule has 0 radical (unpaired) electrons. The summed E-state index contributed by atoms with van der Waals surface area (Å²) in [6.45, 7) is 2.31. The molecule has 0 N–H and O–H groups in total. The lowest BCUT2D eigenvalue weighted by molar-refractivity contribution is 0.0540. The minimum absolute atomic E-state index is 0.569. The summed E-state index contributed by atoms with van der Waals surface area (Å²) in [7, 11) is 1.88. The first-order chi connectivity index (χ1) is 10.8. The highest BCUT2D eigenvalue weighted by molar-refractivity contribution is 4.77. The van der Waals surface area contributed by atoms with Gasteiger partial charge in [0.25, 0.3) is 0 Å². The van der Waals surface area contributed by atoms with Gasteiger partial charge in [0.05, 0.1) is 6.10 Å². The Morgan fingerprint density at radius 1 is 0.636 bits per heavy atom. The Labute approximate surface area is 139 Å². The second-order valence-corrected chi connectivity index (χ2v) is 8.19. The van der Waals surface area contributed by atoms with Crippen molar-refractivity contribution in [1.29, 1.82) is 0 Å². The van der Waals surface area contributed by atoms with Gasteiger partial charge in [0, 0.05) is 7.11 Å². The summed E-state index contributed by atoms with van der Waals surface area (Å²) in [5, 5.41) is 0. The average Bonchev–Trinajstić information content (AvgIpc) is 2.58. The molecule has 1 nitrogen and oxygen atoms in total. The number of hydrogen-bond donors (Lipinski definition) is 0. The number of hydrogen-bond acceptors (Lipinski definition) is 1. The smallest absolute Gasteiger partial charge is 0.0571 e. The first kappa shape index (κ1) is 18.3. The van der Waals surface area contributed by atoms with Crippen molar-refractivity contribution in [1.82, 2.24) is 0 Å². The molecule has 130 valence electrons. The van der Waals surface area contributed by atoms with E-state index in [-0.39, 0.29) is 0 Å². The van der Waals surface area contributed by atoms with Crippen LogP contribution in [-0.4, -0.2) is 13.2 Å². The lowest BCUT2D eigenvalue weighted by Crippen LogP contribution is -2.21. The van der Waals surface area contributed by atoms with Crippen LogP contribution in [0.25, 0.3) is 0 Å². The molecule has 2 rings (SSSR count). The van der Waals surface area contributed by atoms with Crippen LogP contribution in [0.3, 0.4) is 0 Å². The summed E-state index contributed by atoms with van der Waals surface area (Å²) in [4.78, 5) is 0. The Balaban J connectivity index is 1.50. The van der Waals surface area contributed by atoms with Crippen LogP contribution in [-0.2, 0) is 4.74 Å². The van der Waals surface area contributed by atoms with E-state index in [1.54, 1.807) is 0 Å².